The van der Waals surface area contributed by atoms with E-state index in [4.69, 9.17) is 28.4 Å². The lowest BCUT2D eigenvalue weighted by Crippen LogP contribution is -2.70. The molecule has 0 spiro atoms. The third-order valence-corrected chi connectivity index (χ3v) is 23.0. The fourth-order valence-corrected chi connectivity index (χ4v) is 15.9. The van der Waals surface area contributed by atoms with E-state index in [0.29, 0.717) is 12.8 Å². The number of nitrogens with one attached hydrogen (secondary N) is 2. The Morgan fingerprint density at radius 2 is 0.845 bits per heavy atom. The van der Waals surface area contributed by atoms with E-state index in [-0.39, 0.29) is 12.3 Å². The van der Waals surface area contributed by atoms with E-state index in [1.807, 2.05) is 6.08 Å². The van der Waals surface area contributed by atoms with E-state index in [2.05, 4.69) is 24.5 Å². The fraction of sp³-hybridized carbons (Fsp3) is 0.943. The Morgan fingerprint density at radius 3 is 1.21 bits per heavy atom. The average Bonchev–Trinajstić information content (AvgIpc) is 0.745. The topological polar surface area (TPSA) is 373 Å². The molecule has 0 radical (unpaired) electrons. The van der Waals surface area contributed by atoms with Gasteiger partial charge in [0.05, 0.1) is 50.7 Å². The first-order chi connectivity index (χ1) is 53.4. The quantitative estimate of drug-likeness (QED) is 0.0199. The number of hydrogen-bond donors (Lipinski definition) is 14. The van der Waals surface area contributed by atoms with Crippen molar-refractivity contribution >= 4 is 17.8 Å². The van der Waals surface area contributed by atoms with Crippen molar-refractivity contribution in [1.82, 2.24) is 10.6 Å². The number of hydrogen-bond acceptors (Lipinski definition) is 20. The van der Waals surface area contributed by atoms with Gasteiger partial charge in [-0.15, -0.1) is 0 Å². The van der Waals surface area contributed by atoms with Crippen LogP contribution in [0.5, 0.6) is 0 Å². The van der Waals surface area contributed by atoms with Crippen molar-refractivity contribution < 1.29 is 104 Å². The minimum Gasteiger partial charge on any atom is -0.477 e. The summed E-state index contributed by atoms with van der Waals surface area (Å²) in [4.78, 5) is 38.8. The lowest BCUT2D eigenvalue weighted by molar-refractivity contribution is -0.386. The van der Waals surface area contributed by atoms with E-state index in [1.54, 1.807) is 6.08 Å². The third kappa shape index (κ3) is 44.1. The highest BCUT2D eigenvalue weighted by atomic mass is 16.8. The molecule has 18 unspecified atom stereocenters. The summed E-state index contributed by atoms with van der Waals surface area (Å²) < 4.78 is 35.0. The summed E-state index contributed by atoms with van der Waals surface area (Å²) in [5, 5.41) is 137. The van der Waals surface area contributed by atoms with Gasteiger partial charge >= 0.3 is 5.97 Å². The van der Waals surface area contributed by atoms with Crippen molar-refractivity contribution in [2.45, 2.75) is 497 Å². The fourth-order valence-electron chi connectivity index (χ4n) is 15.9. The van der Waals surface area contributed by atoms with E-state index in [0.717, 1.165) is 51.9 Å². The van der Waals surface area contributed by atoms with Crippen LogP contribution in [0.25, 0.3) is 0 Å². The number of aliphatic hydroxyl groups excluding tert-OH is 11. The molecule has 3 aliphatic heterocycles. The predicted octanol–water partition coefficient (Wildman–Crippen LogP) is 14.1. The Bertz CT molecular complexity index is 2220. The molecular formula is C87H164N2O21. The largest absolute Gasteiger partial charge is 0.477 e. The standard InChI is InChI=1S/C87H164N2O21/c1-4-6-8-10-12-14-16-18-20-22-24-26-27-28-29-30-31-32-33-34-35-36-37-38-39-41-43-45-47-49-51-53-55-57-59-61-74(97)89-68(69(94)60-58-56-54-52-50-48-46-44-42-40-25-23-21-19-17-15-13-11-9-7-5-2)66-105-84-79(101)78(100)81(73(65-92)107-84)108-85-80(102)83(77(99)72(64-91)106-85)110-87(86(103)104)62-70(95)75(88-67(3)93)82(109-87)76(98)71(96)63-90/h58,60,68-73,75-85,90-92,94-96,98-102H,4-57,59,61-66H2,1-3H3,(H,88,93)(H,89,97)(H,103,104)/b60-58+. The summed E-state index contributed by atoms with van der Waals surface area (Å²) in [6, 6.07) is -2.62. The second-order valence-electron chi connectivity index (χ2n) is 32.8. The van der Waals surface area contributed by atoms with Gasteiger partial charge in [-0.2, -0.15) is 0 Å². The van der Waals surface area contributed by atoms with Gasteiger partial charge in [-0.05, 0) is 19.3 Å². The number of allylic oxidation sites excluding steroid dienone is 1. The first kappa shape index (κ1) is 102. The van der Waals surface area contributed by atoms with Gasteiger partial charge in [0.1, 0.15) is 67.1 Å². The number of aliphatic carboxylic acids is 1. The molecule has 0 aromatic rings. The molecule has 2 amide bonds. The molecule has 18 atom stereocenters. The van der Waals surface area contributed by atoms with Crippen LogP contribution in [-0.2, 0) is 42.8 Å². The highest BCUT2D eigenvalue weighted by molar-refractivity contribution is 5.77. The first-order valence-electron chi connectivity index (χ1n) is 45.1. The molecule has 23 nitrogen and oxygen atoms in total. The van der Waals surface area contributed by atoms with E-state index >= 15 is 0 Å². The Kier molecular flexibility index (Phi) is 60.5. The number of carbonyl (C=O) groups excluding carboxylic acids is 2. The summed E-state index contributed by atoms with van der Waals surface area (Å²) in [6.45, 7) is 2.22. The van der Waals surface area contributed by atoms with E-state index in [9.17, 15) is 75.7 Å². The minimum absolute atomic E-state index is 0.206. The van der Waals surface area contributed by atoms with Crippen molar-refractivity contribution in [2.24, 2.45) is 0 Å². The van der Waals surface area contributed by atoms with Crippen molar-refractivity contribution in [3.8, 4) is 0 Å². The Labute approximate surface area is 664 Å². The molecule has 0 aromatic carbocycles. The second kappa shape index (κ2) is 65.5. The molecule has 0 saturated carbocycles. The molecule has 3 saturated heterocycles. The summed E-state index contributed by atoms with van der Waals surface area (Å²) in [5.41, 5.74) is 0. The molecule has 648 valence electrons. The maximum Gasteiger partial charge on any atom is 0.364 e. The average molecular weight is 1570 g/mol. The van der Waals surface area contributed by atoms with Gasteiger partial charge < -0.3 is 100 Å². The highest BCUT2D eigenvalue weighted by Gasteiger charge is 2.60. The number of aliphatic hydroxyl groups is 11. The maximum atomic E-state index is 13.6. The van der Waals surface area contributed by atoms with Crippen LogP contribution < -0.4 is 10.6 Å². The maximum absolute atomic E-state index is 13.6. The molecule has 3 aliphatic rings. The van der Waals surface area contributed by atoms with Crippen LogP contribution in [0.1, 0.15) is 387 Å². The highest BCUT2D eigenvalue weighted by Crippen LogP contribution is 2.39. The van der Waals surface area contributed by atoms with Gasteiger partial charge in [-0.1, -0.05) is 360 Å². The Morgan fingerprint density at radius 1 is 0.473 bits per heavy atom. The summed E-state index contributed by atoms with van der Waals surface area (Å²) >= 11 is 0. The smallest absolute Gasteiger partial charge is 0.364 e. The number of carboxylic acids is 1. The van der Waals surface area contributed by atoms with E-state index < -0.39 is 155 Å². The zero-order valence-electron chi connectivity index (χ0n) is 69.1. The van der Waals surface area contributed by atoms with Crippen molar-refractivity contribution in [3.63, 3.8) is 0 Å². The van der Waals surface area contributed by atoms with Gasteiger partial charge in [0, 0.05) is 19.8 Å². The molecule has 3 heterocycles. The van der Waals surface area contributed by atoms with Gasteiger partial charge in [0.15, 0.2) is 12.6 Å². The number of ether oxygens (including phenoxy) is 6. The molecule has 3 fully saturated rings. The molecule has 3 rings (SSSR count). The van der Waals surface area contributed by atoms with Crippen LogP contribution >= 0.6 is 0 Å². The molecule has 23 heteroatoms. The number of carbonyl (C=O) groups is 3. The van der Waals surface area contributed by atoms with Crippen molar-refractivity contribution in [3.05, 3.63) is 12.2 Å². The van der Waals surface area contributed by atoms with Gasteiger partial charge in [-0.3, -0.25) is 9.59 Å². The normalized spacial score (nSPS) is 25.6. The van der Waals surface area contributed by atoms with Crippen LogP contribution in [-0.4, -0.2) is 215 Å². The number of amides is 2. The Balaban J connectivity index is 1.43. The first-order valence-corrected chi connectivity index (χ1v) is 45.1. The molecule has 14 N–H and O–H groups in total. The SMILES string of the molecule is CCCCCCCCCCCCCCCCCCCCC/C=C/C(O)C(COC1OC(CO)C(OC2OC(CO)C(O)C(OC3(C(=O)O)CC(O)C(NC(C)=O)C(C(O)C(O)CO)O3)C2O)C(O)C1O)NC(=O)CCCCCCCCCCCCCCCCCCCCCCCCCCCCCCCCCCCCC. The molecule has 0 aliphatic carbocycles. The second-order valence-corrected chi connectivity index (χ2v) is 32.8. The molecule has 0 aromatic heterocycles. The zero-order valence-corrected chi connectivity index (χ0v) is 69.1. The van der Waals surface area contributed by atoms with Crippen LogP contribution in [0.15, 0.2) is 12.2 Å². The lowest BCUT2D eigenvalue weighted by Gasteiger charge is -2.50. The van der Waals surface area contributed by atoms with Crippen LogP contribution in [0.3, 0.4) is 0 Å². The predicted molar refractivity (Wildman–Crippen MR) is 431 cm³/mol. The van der Waals surface area contributed by atoms with E-state index in [1.165, 1.54) is 295 Å². The van der Waals surface area contributed by atoms with Gasteiger partial charge in [0.25, 0.3) is 5.79 Å². The van der Waals surface area contributed by atoms with Crippen LogP contribution in [0.4, 0.5) is 0 Å². The number of carboxylic acid groups (broad SMARTS) is 1. The van der Waals surface area contributed by atoms with Crippen LogP contribution in [0, 0.1) is 0 Å². The van der Waals surface area contributed by atoms with Crippen LogP contribution in [0.2, 0.25) is 0 Å². The lowest BCUT2D eigenvalue weighted by atomic mass is 9.88. The molecular weight excluding hydrogens is 1410 g/mol. The number of rotatable bonds is 73. The summed E-state index contributed by atoms with van der Waals surface area (Å²) in [5.74, 6) is -6.13. The minimum atomic E-state index is -3.08. The van der Waals surface area contributed by atoms with Gasteiger partial charge in [-0.25, -0.2) is 4.79 Å². The Hall–Kier alpha value is -2.53. The molecule has 110 heavy (non-hydrogen) atoms. The van der Waals surface area contributed by atoms with Crippen molar-refractivity contribution in [2.75, 3.05) is 26.4 Å². The third-order valence-electron chi connectivity index (χ3n) is 23.0. The zero-order chi connectivity index (χ0) is 80.3. The van der Waals surface area contributed by atoms with Crippen molar-refractivity contribution in [1.29, 1.82) is 0 Å². The summed E-state index contributed by atoms with van der Waals surface area (Å²) in [6.07, 6.45) is 45.6. The monoisotopic (exact) mass is 1570 g/mol. The number of unbranched alkanes of at least 4 members (excludes halogenated alkanes) is 53. The summed E-state index contributed by atoms with van der Waals surface area (Å²) in [7, 11) is 0. The molecule has 0 bridgehead atoms. The van der Waals surface area contributed by atoms with Gasteiger partial charge in [0.2, 0.25) is 11.8 Å².